The van der Waals surface area contributed by atoms with Gasteiger partial charge in [-0.25, -0.2) is 4.98 Å². The molecule has 2 heterocycles. The van der Waals surface area contributed by atoms with E-state index in [0.717, 1.165) is 18.6 Å². The Morgan fingerprint density at radius 2 is 2.19 bits per heavy atom. The van der Waals surface area contributed by atoms with Gasteiger partial charge in [-0.05, 0) is 12.1 Å². The maximum atomic E-state index is 11.5. The molecule has 16 heavy (non-hydrogen) atoms. The Balaban J connectivity index is 2.12. The van der Waals surface area contributed by atoms with E-state index in [1.54, 1.807) is 24.1 Å². The van der Waals surface area contributed by atoms with Crippen LogP contribution in [0.5, 0.6) is 0 Å². The van der Waals surface area contributed by atoms with Crippen molar-refractivity contribution in [2.75, 3.05) is 31.6 Å². The van der Waals surface area contributed by atoms with E-state index in [9.17, 15) is 9.59 Å². The van der Waals surface area contributed by atoms with Gasteiger partial charge in [0.05, 0.1) is 6.54 Å². The quantitative estimate of drug-likeness (QED) is 0.665. The molecule has 1 aromatic rings. The monoisotopic (exact) mass is 219 g/mol. The highest BCUT2D eigenvalue weighted by Crippen LogP contribution is 2.13. The molecule has 1 saturated heterocycles. The summed E-state index contributed by atoms with van der Waals surface area (Å²) in [5, 5.41) is 0. The predicted octanol–water partition coefficient (Wildman–Crippen LogP) is 0.172. The van der Waals surface area contributed by atoms with Crippen molar-refractivity contribution in [1.29, 1.82) is 0 Å². The van der Waals surface area contributed by atoms with Gasteiger partial charge in [-0.3, -0.25) is 9.59 Å². The molecule has 0 aliphatic carbocycles. The second kappa shape index (κ2) is 4.30. The number of nitrogens with zero attached hydrogens (tertiary/aromatic N) is 3. The fraction of sp³-hybridized carbons (Fsp3) is 0.364. The van der Waals surface area contributed by atoms with Gasteiger partial charge in [-0.15, -0.1) is 0 Å². The first-order valence-corrected chi connectivity index (χ1v) is 5.11. The van der Waals surface area contributed by atoms with Crippen molar-refractivity contribution >= 4 is 18.0 Å². The highest BCUT2D eigenvalue weighted by molar-refractivity contribution is 5.82. The smallest absolute Gasteiger partial charge is 0.241 e. The third-order valence-electron chi connectivity index (χ3n) is 2.69. The van der Waals surface area contributed by atoms with Gasteiger partial charge < -0.3 is 9.80 Å². The van der Waals surface area contributed by atoms with E-state index < -0.39 is 0 Å². The lowest BCUT2D eigenvalue weighted by molar-refractivity contribution is -0.129. The highest BCUT2D eigenvalue weighted by Gasteiger charge is 2.21. The molecule has 1 aliphatic rings. The number of hydrogen-bond acceptors (Lipinski definition) is 4. The summed E-state index contributed by atoms with van der Waals surface area (Å²) in [6.07, 6.45) is 2.27. The van der Waals surface area contributed by atoms with Gasteiger partial charge in [0, 0.05) is 31.9 Å². The summed E-state index contributed by atoms with van der Waals surface area (Å²) in [6.45, 7) is 1.83. The van der Waals surface area contributed by atoms with Crippen LogP contribution in [0.2, 0.25) is 0 Å². The minimum absolute atomic E-state index is 0.0903. The molecule has 0 N–H and O–H groups in total. The maximum absolute atomic E-state index is 11.5. The van der Waals surface area contributed by atoms with Crippen molar-refractivity contribution in [3.63, 3.8) is 0 Å². The van der Waals surface area contributed by atoms with E-state index in [4.69, 9.17) is 0 Å². The standard InChI is InChI=1S/C11H13N3O2/c1-13-4-5-14(7-11(13)16)10-3-2-9(8-15)6-12-10/h2-3,6,8H,4-5,7H2,1H3. The van der Waals surface area contributed by atoms with E-state index in [1.807, 2.05) is 4.90 Å². The molecule has 0 spiro atoms. The zero-order chi connectivity index (χ0) is 11.5. The van der Waals surface area contributed by atoms with Gasteiger partial charge in [0.2, 0.25) is 5.91 Å². The van der Waals surface area contributed by atoms with Crippen LogP contribution in [-0.4, -0.2) is 48.8 Å². The number of piperazine rings is 1. The molecule has 84 valence electrons. The minimum Gasteiger partial charge on any atom is -0.346 e. The fourth-order valence-electron chi connectivity index (χ4n) is 1.61. The van der Waals surface area contributed by atoms with Crippen LogP contribution >= 0.6 is 0 Å². The summed E-state index contributed by atoms with van der Waals surface area (Å²) >= 11 is 0. The number of rotatable bonds is 2. The number of aromatic nitrogens is 1. The van der Waals surface area contributed by atoms with Gasteiger partial charge in [0.1, 0.15) is 5.82 Å². The average molecular weight is 219 g/mol. The minimum atomic E-state index is 0.0903. The molecule has 5 nitrogen and oxygen atoms in total. The molecule has 0 atom stereocenters. The van der Waals surface area contributed by atoms with Gasteiger partial charge in [0.25, 0.3) is 0 Å². The fourth-order valence-corrected chi connectivity index (χ4v) is 1.61. The van der Waals surface area contributed by atoms with Crippen molar-refractivity contribution in [2.24, 2.45) is 0 Å². The van der Waals surface area contributed by atoms with Crippen LogP contribution in [0.25, 0.3) is 0 Å². The molecule has 1 aliphatic heterocycles. The zero-order valence-electron chi connectivity index (χ0n) is 9.09. The van der Waals surface area contributed by atoms with E-state index in [-0.39, 0.29) is 5.91 Å². The lowest BCUT2D eigenvalue weighted by Crippen LogP contribution is -2.48. The molecule has 1 amide bonds. The van der Waals surface area contributed by atoms with E-state index in [2.05, 4.69) is 4.98 Å². The average Bonchev–Trinajstić information content (AvgIpc) is 2.33. The normalized spacial score (nSPS) is 16.4. The SMILES string of the molecule is CN1CCN(c2ccc(C=O)cn2)CC1=O. The van der Waals surface area contributed by atoms with Crippen molar-refractivity contribution < 1.29 is 9.59 Å². The second-order valence-electron chi connectivity index (χ2n) is 3.80. The van der Waals surface area contributed by atoms with Crippen LogP contribution in [0, 0.1) is 0 Å². The largest absolute Gasteiger partial charge is 0.346 e. The lowest BCUT2D eigenvalue weighted by Gasteiger charge is -2.32. The van der Waals surface area contributed by atoms with Crippen LogP contribution in [0.1, 0.15) is 10.4 Å². The molecule has 2 rings (SSSR count). The molecule has 0 aromatic carbocycles. The first kappa shape index (κ1) is 10.6. The summed E-state index contributed by atoms with van der Waals surface area (Å²) in [5.41, 5.74) is 0.546. The molecule has 0 unspecified atom stereocenters. The molecule has 0 saturated carbocycles. The number of carbonyl (C=O) groups excluding carboxylic acids is 2. The number of anilines is 1. The van der Waals surface area contributed by atoms with Crippen LogP contribution in [0.4, 0.5) is 5.82 Å². The topological polar surface area (TPSA) is 53.5 Å². The molecule has 0 radical (unpaired) electrons. The third-order valence-corrected chi connectivity index (χ3v) is 2.69. The summed E-state index contributed by atoms with van der Waals surface area (Å²) in [7, 11) is 1.79. The highest BCUT2D eigenvalue weighted by atomic mass is 16.2. The second-order valence-corrected chi connectivity index (χ2v) is 3.80. The van der Waals surface area contributed by atoms with Crippen molar-refractivity contribution in [1.82, 2.24) is 9.88 Å². The van der Waals surface area contributed by atoms with Gasteiger partial charge >= 0.3 is 0 Å². The number of carbonyl (C=O) groups is 2. The van der Waals surface area contributed by atoms with Crippen molar-refractivity contribution in [3.05, 3.63) is 23.9 Å². The van der Waals surface area contributed by atoms with Crippen molar-refractivity contribution in [3.8, 4) is 0 Å². The van der Waals surface area contributed by atoms with E-state index in [1.165, 1.54) is 6.20 Å². The Bertz CT molecular complexity index is 402. The number of hydrogen-bond donors (Lipinski definition) is 0. The van der Waals surface area contributed by atoms with Crippen LogP contribution in [0.3, 0.4) is 0 Å². The Morgan fingerprint density at radius 1 is 1.38 bits per heavy atom. The molecular weight excluding hydrogens is 206 g/mol. The Hall–Kier alpha value is -1.91. The summed E-state index contributed by atoms with van der Waals surface area (Å²) in [5.74, 6) is 0.833. The van der Waals surface area contributed by atoms with E-state index >= 15 is 0 Å². The Kier molecular flexibility index (Phi) is 2.85. The first-order valence-electron chi connectivity index (χ1n) is 5.11. The number of pyridine rings is 1. The summed E-state index contributed by atoms with van der Waals surface area (Å²) < 4.78 is 0. The maximum Gasteiger partial charge on any atom is 0.241 e. The number of aldehydes is 1. The van der Waals surface area contributed by atoms with Crippen LogP contribution in [-0.2, 0) is 4.79 Å². The third kappa shape index (κ3) is 2.03. The molecule has 1 aromatic heterocycles. The molecular formula is C11H13N3O2. The van der Waals surface area contributed by atoms with Crippen LogP contribution in [0.15, 0.2) is 18.3 Å². The molecule has 0 bridgehead atoms. The predicted molar refractivity (Wildman–Crippen MR) is 59.5 cm³/mol. The first-order chi connectivity index (χ1) is 7.70. The van der Waals surface area contributed by atoms with Gasteiger partial charge in [-0.1, -0.05) is 0 Å². The van der Waals surface area contributed by atoms with Crippen LogP contribution < -0.4 is 4.90 Å². The van der Waals surface area contributed by atoms with Gasteiger partial charge in [-0.2, -0.15) is 0 Å². The number of likely N-dealkylation sites (N-methyl/N-ethyl adjacent to an activating group) is 1. The summed E-state index contributed by atoms with van der Waals surface area (Å²) in [6, 6.07) is 3.47. The molecule has 1 fully saturated rings. The van der Waals surface area contributed by atoms with Crippen molar-refractivity contribution in [2.45, 2.75) is 0 Å². The summed E-state index contributed by atoms with van der Waals surface area (Å²) in [4.78, 5) is 29.8. The molecule has 5 heteroatoms. The number of amides is 1. The van der Waals surface area contributed by atoms with Gasteiger partial charge in [0.15, 0.2) is 6.29 Å². The Morgan fingerprint density at radius 3 is 2.75 bits per heavy atom. The Labute approximate surface area is 93.7 Å². The lowest BCUT2D eigenvalue weighted by atomic mass is 10.2. The van der Waals surface area contributed by atoms with E-state index in [0.29, 0.717) is 18.7 Å². The zero-order valence-corrected chi connectivity index (χ0v) is 9.09.